The summed E-state index contributed by atoms with van der Waals surface area (Å²) in [7, 11) is -3.65. The lowest BCUT2D eigenvalue weighted by atomic mass is 10.2. The van der Waals surface area contributed by atoms with Gasteiger partial charge in [0.2, 0.25) is 0 Å². The Balaban J connectivity index is 2.60. The summed E-state index contributed by atoms with van der Waals surface area (Å²) in [5, 5.41) is 0. The van der Waals surface area contributed by atoms with E-state index in [0.717, 1.165) is 5.56 Å². The molecule has 0 amide bonds. The first-order chi connectivity index (χ1) is 7.56. The average molecular weight is 262 g/mol. The van der Waals surface area contributed by atoms with E-state index >= 15 is 0 Å². The Labute approximate surface area is 100 Å². The SMILES string of the molecule is CSOCCOS(=O)(=O)c1ccc(C)cc1. The zero-order valence-corrected chi connectivity index (χ0v) is 10.8. The van der Waals surface area contributed by atoms with Gasteiger partial charge >= 0.3 is 0 Å². The van der Waals surface area contributed by atoms with Gasteiger partial charge in [-0.15, -0.1) is 0 Å². The van der Waals surface area contributed by atoms with Crippen molar-refractivity contribution in [3.63, 3.8) is 0 Å². The quantitative estimate of drug-likeness (QED) is 0.446. The molecule has 0 aliphatic rings. The Kier molecular flexibility index (Phi) is 5.27. The summed E-state index contributed by atoms with van der Waals surface area (Å²) in [4.78, 5) is 0.169. The van der Waals surface area contributed by atoms with Crippen LogP contribution in [0.1, 0.15) is 5.56 Å². The van der Waals surface area contributed by atoms with E-state index < -0.39 is 10.1 Å². The zero-order valence-electron chi connectivity index (χ0n) is 9.17. The van der Waals surface area contributed by atoms with Crippen LogP contribution in [0, 0.1) is 6.92 Å². The number of hydrogen-bond acceptors (Lipinski definition) is 5. The van der Waals surface area contributed by atoms with E-state index in [2.05, 4.69) is 0 Å². The van der Waals surface area contributed by atoms with Crippen LogP contribution in [0.4, 0.5) is 0 Å². The maximum atomic E-state index is 11.6. The third-order valence-electron chi connectivity index (χ3n) is 1.83. The van der Waals surface area contributed by atoms with Crippen molar-refractivity contribution in [3.8, 4) is 0 Å². The van der Waals surface area contributed by atoms with Crippen LogP contribution in [0.2, 0.25) is 0 Å². The maximum absolute atomic E-state index is 11.6. The van der Waals surface area contributed by atoms with Crippen LogP contribution in [0.3, 0.4) is 0 Å². The van der Waals surface area contributed by atoms with Crippen LogP contribution in [0.15, 0.2) is 29.2 Å². The highest BCUT2D eigenvalue weighted by Crippen LogP contribution is 2.13. The second-order valence-corrected chi connectivity index (χ2v) is 5.26. The lowest BCUT2D eigenvalue weighted by Gasteiger charge is -2.05. The van der Waals surface area contributed by atoms with Gasteiger partial charge in [0, 0.05) is 6.26 Å². The summed E-state index contributed by atoms with van der Waals surface area (Å²) in [5.74, 6) is 0. The van der Waals surface area contributed by atoms with E-state index in [-0.39, 0.29) is 18.1 Å². The first-order valence-electron chi connectivity index (χ1n) is 4.68. The molecule has 0 aliphatic heterocycles. The molecule has 0 bridgehead atoms. The molecule has 0 N–H and O–H groups in total. The number of aryl methyl sites for hydroxylation is 1. The summed E-state index contributed by atoms with van der Waals surface area (Å²) < 4.78 is 32.9. The van der Waals surface area contributed by atoms with Crippen LogP contribution in [0.5, 0.6) is 0 Å². The normalized spacial score (nSPS) is 11.6. The fourth-order valence-electron chi connectivity index (χ4n) is 1.03. The van der Waals surface area contributed by atoms with E-state index in [1.807, 2.05) is 6.92 Å². The Morgan fingerprint density at radius 3 is 2.38 bits per heavy atom. The lowest BCUT2D eigenvalue weighted by Crippen LogP contribution is -2.10. The molecule has 6 heteroatoms. The number of benzene rings is 1. The second-order valence-electron chi connectivity index (χ2n) is 3.08. The molecule has 4 nitrogen and oxygen atoms in total. The minimum Gasteiger partial charge on any atom is -0.313 e. The van der Waals surface area contributed by atoms with Crippen molar-refractivity contribution in [2.45, 2.75) is 11.8 Å². The highest BCUT2D eigenvalue weighted by atomic mass is 32.2. The van der Waals surface area contributed by atoms with E-state index in [9.17, 15) is 8.42 Å². The molecular formula is C10H14O4S2. The fourth-order valence-corrected chi connectivity index (χ4v) is 2.16. The van der Waals surface area contributed by atoms with Crippen molar-refractivity contribution < 1.29 is 16.8 Å². The highest BCUT2D eigenvalue weighted by molar-refractivity contribution is 7.93. The van der Waals surface area contributed by atoms with Gasteiger partial charge in [-0.25, -0.2) is 0 Å². The molecule has 1 aromatic carbocycles. The first-order valence-corrected chi connectivity index (χ1v) is 7.24. The van der Waals surface area contributed by atoms with Crippen molar-refractivity contribution in [1.82, 2.24) is 0 Å². The summed E-state index contributed by atoms with van der Waals surface area (Å²) >= 11 is 1.18. The smallest absolute Gasteiger partial charge is 0.297 e. The Hall–Kier alpha value is -0.560. The van der Waals surface area contributed by atoms with Gasteiger partial charge in [0.25, 0.3) is 10.1 Å². The molecule has 0 saturated carbocycles. The molecule has 0 aromatic heterocycles. The highest BCUT2D eigenvalue weighted by Gasteiger charge is 2.14. The van der Waals surface area contributed by atoms with Crippen LogP contribution in [-0.4, -0.2) is 27.9 Å². The van der Waals surface area contributed by atoms with Crippen molar-refractivity contribution in [2.75, 3.05) is 19.5 Å². The molecule has 90 valence electrons. The predicted octanol–water partition coefficient (Wildman–Crippen LogP) is 1.99. The molecule has 1 rings (SSSR count). The first kappa shape index (κ1) is 13.5. The Morgan fingerprint density at radius 2 is 1.81 bits per heavy atom. The van der Waals surface area contributed by atoms with E-state index in [4.69, 9.17) is 8.37 Å². The molecule has 0 heterocycles. The van der Waals surface area contributed by atoms with E-state index in [1.54, 1.807) is 18.4 Å². The summed E-state index contributed by atoms with van der Waals surface area (Å²) in [5.41, 5.74) is 1.00. The molecule has 0 spiro atoms. The number of rotatable bonds is 6. The van der Waals surface area contributed by atoms with Gasteiger partial charge in [0.1, 0.15) is 0 Å². The van der Waals surface area contributed by atoms with Crippen molar-refractivity contribution >= 4 is 22.2 Å². The van der Waals surface area contributed by atoms with Gasteiger partial charge in [-0.3, -0.25) is 4.18 Å². The molecular weight excluding hydrogens is 248 g/mol. The van der Waals surface area contributed by atoms with E-state index in [1.165, 1.54) is 24.2 Å². The minimum absolute atomic E-state index is 0.0249. The van der Waals surface area contributed by atoms with Crippen LogP contribution in [-0.2, 0) is 18.5 Å². The Bertz CT molecular complexity index is 411. The van der Waals surface area contributed by atoms with Crippen LogP contribution < -0.4 is 0 Å². The largest absolute Gasteiger partial charge is 0.313 e. The third-order valence-corrected chi connectivity index (χ3v) is 3.56. The summed E-state index contributed by atoms with van der Waals surface area (Å²) in [6, 6.07) is 6.52. The van der Waals surface area contributed by atoms with E-state index in [0.29, 0.717) is 0 Å². The van der Waals surface area contributed by atoms with Gasteiger partial charge < -0.3 is 4.18 Å². The van der Waals surface area contributed by atoms with Gasteiger partial charge in [0.05, 0.1) is 18.1 Å². The minimum atomic E-state index is -3.65. The van der Waals surface area contributed by atoms with Gasteiger partial charge in [-0.05, 0) is 31.1 Å². The fraction of sp³-hybridized carbons (Fsp3) is 0.400. The van der Waals surface area contributed by atoms with Crippen molar-refractivity contribution in [3.05, 3.63) is 29.8 Å². The summed E-state index contributed by atoms with van der Waals surface area (Å²) in [6.07, 6.45) is 1.76. The molecule has 0 aliphatic carbocycles. The van der Waals surface area contributed by atoms with Gasteiger partial charge in [-0.1, -0.05) is 17.7 Å². The van der Waals surface area contributed by atoms with Crippen molar-refractivity contribution in [1.29, 1.82) is 0 Å². The number of hydrogen-bond donors (Lipinski definition) is 0. The van der Waals surface area contributed by atoms with Crippen LogP contribution >= 0.6 is 12.0 Å². The van der Waals surface area contributed by atoms with Crippen molar-refractivity contribution in [2.24, 2.45) is 0 Å². The van der Waals surface area contributed by atoms with Gasteiger partial charge in [-0.2, -0.15) is 8.42 Å². The topological polar surface area (TPSA) is 52.6 Å². The predicted molar refractivity (Wildman–Crippen MR) is 63.8 cm³/mol. The maximum Gasteiger partial charge on any atom is 0.297 e. The molecule has 0 unspecified atom stereocenters. The Morgan fingerprint density at radius 1 is 1.19 bits per heavy atom. The monoisotopic (exact) mass is 262 g/mol. The van der Waals surface area contributed by atoms with Gasteiger partial charge in [0.15, 0.2) is 0 Å². The third kappa shape index (κ3) is 4.13. The summed E-state index contributed by atoms with van der Waals surface area (Å²) in [6.45, 7) is 2.16. The molecule has 1 aromatic rings. The lowest BCUT2D eigenvalue weighted by molar-refractivity contribution is 0.243. The molecule has 0 saturated heterocycles. The average Bonchev–Trinajstić information content (AvgIpc) is 2.25. The zero-order chi connectivity index (χ0) is 12.0. The standard InChI is InChI=1S/C10H14O4S2/c1-9-3-5-10(6-4-9)16(11,12)14-8-7-13-15-2/h3-6H,7-8H2,1-2H3. The molecule has 0 radical (unpaired) electrons. The van der Waals surface area contributed by atoms with Crippen LogP contribution in [0.25, 0.3) is 0 Å². The molecule has 0 fully saturated rings. The molecule has 16 heavy (non-hydrogen) atoms. The second kappa shape index (κ2) is 6.24. The molecule has 0 atom stereocenters.